The molecule has 1 N–H and O–H groups in total. The second-order valence-corrected chi connectivity index (χ2v) is 8.17. The summed E-state index contributed by atoms with van der Waals surface area (Å²) in [5.41, 5.74) is 5.28. The molecule has 0 bridgehead atoms. The van der Waals surface area contributed by atoms with E-state index in [0.29, 0.717) is 18.1 Å². The number of benzene rings is 3. The Morgan fingerprint density at radius 3 is 2.47 bits per heavy atom. The molecule has 0 aliphatic rings. The molecule has 1 amide bonds. The van der Waals surface area contributed by atoms with Gasteiger partial charge in [-0.2, -0.15) is 5.10 Å². The van der Waals surface area contributed by atoms with Crippen molar-refractivity contribution in [3.05, 3.63) is 92.4 Å². The van der Waals surface area contributed by atoms with E-state index in [4.69, 9.17) is 9.47 Å². The van der Waals surface area contributed by atoms with E-state index in [1.165, 1.54) is 0 Å². The van der Waals surface area contributed by atoms with Gasteiger partial charge < -0.3 is 9.47 Å². The minimum absolute atomic E-state index is 0.192. The highest BCUT2D eigenvalue weighted by Gasteiger charge is 2.11. The van der Waals surface area contributed by atoms with E-state index in [9.17, 15) is 4.79 Å². The van der Waals surface area contributed by atoms with Crippen molar-refractivity contribution in [2.45, 2.75) is 13.0 Å². The van der Waals surface area contributed by atoms with Crippen LogP contribution in [0.5, 0.6) is 11.5 Å². The molecule has 0 aromatic heterocycles. The number of nitrogens with one attached hydrogen (secondary N) is 1. The first kappa shape index (κ1) is 22.1. The van der Waals surface area contributed by atoms with Crippen molar-refractivity contribution in [1.82, 2.24) is 5.43 Å². The van der Waals surface area contributed by atoms with Crippen molar-refractivity contribution in [1.29, 1.82) is 0 Å². The quantitative estimate of drug-likeness (QED) is 0.309. The van der Waals surface area contributed by atoms with Crippen molar-refractivity contribution in [2.75, 3.05) is 7.11 Å². The molecule has 30 heavy (non-hydrogen) atoms. The molecule has 0 heterocycles. The number of ether oxygens (including phenoxy) is 2. The highest BCUT2D eigenvalue weighted by atomic mass is 79.9. The van der Waals surface area contributed by atoms with E-state index in [0.717, 1.165) is 25.6 Å². The number of hydrogen-bond donors (Lipinski definition) is 1. The lowest BCUT2D eigenvalue weighted by Crippen LogP contribution is -2.19. The Morgan fingerprint density at radius 2 is 1.77 bits per heavy atom. The zero-order valence-electron chi connectivity index (χ0n) is 16.3. The van der Waals surface area contributed by atoms with Crippen LogP contribution < -0.4 is 14.9 Å². The molecule has 0 spiro atoms. The number of halogens is 2. The van der Waals surface area contributed by atoms with Crippen LogP contribution >= 0.6 is 31.9 Å². The molecule has 0 aliphatic heterocycles. The van der Waals surface area contributed by atoms with Crippen LogP contribution in [0.2, 0.25) is 0 Å². The van der Waals surface area contributed by atoms with Crippen molar-refractivity contribution in [3.63, 3.8) is 0 Å². The largest absolute Gasteiger partial charge is 0.493 e. The lowest BCUT2D eigenvalue weighted by molar-refractivity contribution is -0.120. The van der Waals surface area contributed by atoms with E-state index in [-0.39, 0.29) is 12.3 Å². The van der Waals surface area contributed by atoms with Crippen LogP contribution in [0.25, 0.3) is 0 Å². The summed E-state index contributed by atoms with van der Waals surface area (Å²) >= 11 is 6.90. The van der Waals surface area contributed by atoms with E-state index in [1.807, 2.05) is 60.7 Å². The molecule has 5 nitrogen and oxygen atoms in total. The van der Waals surface area contributed by atoms with Gasteiger partial charge in [0.05, 0.1) is 24.2 Å². The van der Waals surface area contributed by atoms with Gasteiger partial charge in [0.2, 0.25) is 5.91 Å². The summed E-state index contributed by atoms with van der Waals surface area (Å²) in [6.45, 7) is 0.426. The summed E-state index contributed by atoms with van der Waals surface area (Å²) < 4.78 is 13.1. The van der Waals surface area contributed by atoms with E-state index in [2.05, 4.69) is 42.4 Å². The fourth-order valence-electron chi connectivity index (χ4n) is 2.69. The minimum atomic E-state index is -0.192. The van der Waals surface area contributed by atoms with Gasteiger partial charge in [0.25, 0.3) is 0 Å². The average Bonchev–Trinajstić information content (AvgIpc) is 2.75. The fraction of sp³-hybridized carbons (Fsp3) is 0.130. The van der Waals surface area contributed by atoms with Crippen LogP contribution in [0.4, 0.5) is 0 Å². The number of methoxy groups -OCH3 is 1. The maximum atomic E-state index is 12.1. The molecule has 0 saturated heterocycles. The zero-order valence-corrected chi connectivity index (χ0v) is 19.4. The van der Waals surface area contributed by atoms with Crippen LogP contribution in [-0.4, -0.2) is 19.2 Å². The highest BCUT2D eigenvalue weighted by Crippen LogP contribution is 2.36. The summed E-state index contributed by atoms with van der Waals surface area (Å²) in [5.74, 6) is 0.989. The maximum absolute atomic E-state index is 12.1. The number of nitrogens with zero attached hydrogens (tertiary/aromatic N) is 1. The molecule has 3 rings (SSSR count). The summed E-state index contributed by atoms with van der Waals surface area (Å²) in [6, 6.07) is 21.1. The number of hydrazone groups is 1. The van der Waals surface area contributed by atoms with Gasteiger partial charge in [0.15, 0.2) is 11.5 Å². The first-order valence-electron chi connectivity index (χ1n) is 9.16. The van der Waals surface area contributed by atoms with Gasteiger partial charge in [-0.3, -0.25) is 4.79 Å². The normalized spacial score (nSPS) is 10.8. The first-order chi connectivity index (χ1) is 14.5. The Balaban J connectivity index is 1.62. The average molecular weight is 532 g/mol. The summed E-state index contributed by atoms with van der Waals surface area (Å²) in [4.78, 5) is 12.1. The molecule has 0 radical (unpaired) electrons. The van der Waals surface area contributed by atoms with Gasteiger partial charge in [-0.25, -0.2) is 5.43 Å². The van der Waals surface area contributed by atoms with Gasteiger partial charge in [-0.05, 0) is 56.9 Å². The van der Waals surface area contributed by atoms with Crippen LogP contribution in [0.3, 0.4) is 0 Å². The van der Waals surface area contributed by atoms with Gasteiger partial charge >= 0.3 is 0 Å². The molecule has 0 unspecified atom stereocenters. The second kappa shape index (κ2) is 10.9. The maximum Gasteiger partial charge on any atom is 0.244 e. The number of carbonyl (C=O) groups is 1. The third kappa shape index (κ3) is 6.43. The second-order valence-electron chi connectivity index (χ2n) is 6.40. The van der Waals surface area contributed by atoms with Crippen LogP contribution in [0.15, 0.2) is 80.8 Å². The Morgan fingerprint density at radius 1 is 1.03 bits per heavy atom. The summed E-state index contributed by atoms with van der Waals surface area (Å²) in [5, 5.41) is 4.04. The van der Waals surface area contributed by atoms with E-state index in [1.54, 1.807) is 19.4 Å². The van der Waals surface area contributed by atoms with E-state index < -0.39 is 0 Å². The third-order valence-electron chi connectivity index (χ3n) is 4.16. The SMILES string of the molecule is COc1cc(/C=N/NC(=O)Cc2ccc(Br)cc2)cc(Br)c1OCc1ccccc1. The highest BCUT2D eigenvalue weighted by molar-refractivity contribution is 9.10. The molecular formula is C23H20Br2N2O3. The number of carbonyl (C=O) groups excluding carboxylic acids is 1. The first-order valence-corrected chi connectivity index (χ1v) is 10.7. The van der Waals surface area contributed by atoms with Crippen molar-refractivity contribution in [2.24, 2.45) is 5.10 Å². The molecule has 0 aliphatic carbocycles. The standard InChI is InChI=1S/C23H20Br2N2O3/c1-29-21-12-18(11-20(25)23(21)30-15-17-5-3-2-4-6-17)14-26-27-22(28)13-16-7-9-19(24)10-8-16/h2-12,14H,13,15H2,1H3,(H,27,28)/b26-14+. The van der Waals surface area contributed by atoms with Gasteiger partial charge in [0, 0.05) is 4.47 Å². The van der Waals surface area contributed by atoms with Gasteiger partial charge in [0.1, 0.15) is 6.61 Å². The Hall–Kier alpha value is -2.64. The van der Waals surface area contributed by atoms with Crippen molar-refractivity contribution in [3.8, 4) is 11.5 Å². The lowest BCUT2D eigenvalue weighted by atomic mass is 10.1. The van der Waals surface area contributed by atoms with Crippen molar-refractivity contribution < 1.29 is 14.3 Å². The number of amides is 1. The monoisotopic (exact) mass is 530 g/mol. The summed E-state index contributed by atoms with van der Waals surface area (Å²) in [6.07, 6.45) is 1.82. The van der Waals surface area contributed by atoms with Crippen LogP contribution in [-0.2, 0) is 17.8 Å². The molecule has 154 valence electrons. The molecule has 0 atom stereocenters. The smallest absolute Gasteiger partial charge is 0.244 e. The Labute approximate surface area is 192 Å². The number of hydrogen-bond acceptors (Lipinski definition) is 4. The topological polar surface area (TPSA) is 59.9 Å². The molecular weight excluding hydrogens is 512 g/mol. The van der Waals surface area contributed by atoms with Crippen molar-refractivity contribution >= 4 is 44.0 Å². The minimum Gasteiger partial charge on any atom is -0.493 e. The number of rotatable bonds is 8. The Kier molecular flexibility index (Phi) is 8.04. The molecule has 0 saturated carbocycles. The van der Waals surface area contributed by atoms with Crippen LogP contribution in [0.1, 0.15) is 16.7 Å². The molecule has 0 fully saturated rings. The third-order valence-corrected chi connectivity index (χ3v) is 5.28. The Bertz CT molecular complexity index is 1020. The van der Waals surface area contributed by atoms with Gasteiger partial charge in [-0.1, -0.05) is 58.4 Å². The van der Waals surface area contributed by atoms with Crippen LogP contribution in [0, 0.1) is 0 Å². The fourth-order valence-corrected chi connectivity index (χ4v) is 3.53. The predicted octanol–water partition coefficient (Wildman–Crippen LogP) is 5.49. The predicted molar refractivity (Wildman–Crippen MR) is 125 cm³/mol. The zero-order chi connectivity index (χ0) is 21.3. The molecule has 3 aromatic rings. The van der Waals surface area contributed by atoms with E-state index >= 15 is 0 Å². The summed E-state index contributed by atoms with van der Waals surface area (Å²) in [7, 11) is 1.58. The van der Waals surface area contributed by atoms with Gasteiger partial charge in [-0.15, -0.1) is 0 Å². The lowest BCUT2D eigenvalue weighted by Gasteiger charge is -2.13. The molecule has 3 aromatic carbocycles. The molecule has 7 heteroatoms.